The second-order valence-electron chi connectivity index (χ2n) is 8.05. The number of H-pyrrole nitrogens is 1. The first-order chi connectivity index (χ1) is 17.2. The molecule has 5 rings (SSSR count). The summed E-state index contributed by atoms with van der Waals surface area (Å²) in [6, 6.07) is 16.2. The third-order valence-electron chi connectivity index (χ3n) is 5.49. The Kier molecular flexibility index (Phi) is 6.19. The normalized spacial score (nSPS) is 11.6. The van der Waals surface area contributed by atoms with E-state index in [4.69, 9.17) is 4.98 Å². The number of alkyl halides is 3. The molecule has 2 N–H and O–H groups in total. The number of thiophene rings is 1. The number of nitrogens with one attached hydrogen (secondary N) is 2. The van der Waals surface area contributed by atoms with Gasteiger partial charge in [-0.2, -0.15) is 0 Å². The number of halogens is 3. The number of aromatic amines is 1. The zero-order valence-corrected chi connectivity index (χ0v) is 19.7. The van der Waals surface area contributed by atoms with Gasteiger partial charge in [0.1, 0.15) is 17.3 Å². The topological polar surface area (TPSA) is 79.9 Å². The second-order valence-corrected chi connectivity index (χ2v) is 9.00. The number of hydrogen-bond acceptors (Lipinski definition) is 5. The van der Waals surface area contributed by atoms with Gasteiger partial charge in [-0.3, -0.25) is 4.79 Å². The van der Waals surface area contributed by atoms with E-state index in [0.717, 1.165) is 38.8 Å². The maximum atomic E-state index is 12.9. The molecule has 36 heavy (non-hydrogen) atoms. The van der Waals surface area contributed by atoms with Crippen LogP contribution in [-0.2, 0) is 6.42 Å². The summed E-state index contributed by atoms with van der Waals surface area (Å²) in [6.07, 6.45) is -2.59. The molecule has 0 saturated carbocycles. The first-order valence-corrected chi connectivity index (χ1v) is 11.8. The quantitative estimate of drug-likeness (QED) is 0.266. The summed E-state index contributed by atoms with van der Waals surface area (Å²) in [7, 11) is 0. The van der Waals surface area contributed by atoms with Crippen LogP contribution in [0.25, 0.3) is 21.6 Å². The number of aromatic nitrogens is 3. The van der Waals surface area contributed by atoms with Crippen LogP contribution in [0.4, 0.5) is 18.9 Å². The maximum absolute atomic E-state index is 12.9. The minimum atomic E-state index is -4.82. The van der Waals surface area contributed by atoms with E-state index in [1.807, 2.05) is 42.8 Å². The number of rotatable bonds is 6. The van der Waals surface area contributed by atoms with E-state index >= 15 is 0 Å². The van der Waals surface area contributed by atoms with Crippen LogP contribution in [0.2, 0.25) is 0 Å². The predicted molar refractivity (Wildman–Crippen MR) is 132 cm³/mol. The van der Waals surface area contributed by atoms with E-state index in [1.54, 1.807) is 23.5 Å². The zero-order valence-electron chi connectivity index (χ0n) is 18.9. The summed E-state index contributed by atoms with van der Waals surface area (Å²) in [5.41, 5.74) is 4.86. The molecule has 3 heterocycles. The van der Waals surface area contributed by atoms with Gasteiger partial charge in [-0.1, -0.05) is 18.2 Å². The molecular formula is C26H19F3N4O2S. The van der Waals surface area contributed by atoms with E-state index in [9.17, 15) is 18.0 Å². The number of amides is 1. The van der Waals surface area contributed by atoms with Gasteiger partial charge in [0, 0.05) is 29.9 Å². The number of aryl methyl sites for hydroxylation is 1. The predicted octanol–water partition coefficient (Wildman–Crippen LogP) is 6.74. The van der Waals surface area contributed by atoms with Gasteiger partial charge in [0.05, 0.1) is 15.9 Å². The first-order valence-electron chi connectivity index (χ1n) is 10.9. The molecule has 3 aromatic heterocycles. The van der Waals surface area contributed by atoms with Gasteiger partial charge in [-0.15, -0.1) is 24.5 Å². The van der Waals surface area contributed by atoms with Crippen LogP contribution in [0, 0.1) is 6.92 Å². The molecule has 10 heteroatoms. The van der Waals surface area contributed by atoms with E-state index in [0.29, 0.717) is 17.8 Å². The van der Waals surface area contributed by atoms with Crippen LogP contribution in [0.15, 0.2) is 72.2 Å². The molecule has 5 aromatic rings. The van der Waals surface area contributed by atoms with Gasteiger partial charge in [0.15, 0.2) is 0 Å². The summed E-state index contributed by atoms with van der Waals surface area (Å²) in [5.74, 6) is -0.256. The van der Waals surface area contributed by atoms with Crippen molar-refractivity contribution >= 4 is 34.0 Å². The Morgan fingerprint density at radius 3 is 2.72 bits per heavy atom. The highest BCUT2D eigenvalue weighted by molar-refractivity contribution is 7.13. The minimum absolute atomic E-state index is 0.186. The third kappa shape index (κ3) is 5.23. The molecule has 0 atom stereocenters. The number of anilines is 1. The van der Waals surface area contributed by atoms with Crippen LogP contribution < -0.4 is 10.1 Å². The van der Waals surface area contributed by atoms with Crippen LogP contribution in [-0.4, -0.2) is 27.2 Å². The lowest BCUT2D eigenvalue weighted by Gasteiger charge is -2.12. The molecule has 0 aliphatic heterocycles. The molecule has 6 nitrogen and oxygen atoms in total. The van der Waals surface area contributed by atoms with Crippen molar-refractivity contribution in [3.63, 3.8) is 0 Å². The molecule has 0 aliphatic carbocycles. The van der Waals surface area contributed by atoms with E-state index in [1.165, 1.54) is 18.2 Å². The highest BCUT2D eigenvalue weighted by Crippen LogP contribution is 2.30. The van der Waals surface area contributed by atoms with Crippen LogP contribution >= 0.6 is 11.3 Å². The van der Waals surface area contributed by atoms with Crippen molar-refractivity contribution in [2.24, 2.45) is 0 Å². The second kappa shape index (κ2) is 9.46. The number of carbonyl (C=O) groups is 1. The van der Waals surface area contributed by atoms with Crippen molar-refractivity contribution < 1.29 is 22.7 Å². The van der Waals surface area contributed by atoms with Crippen molar-refractivity contribution in [1.82, 2.24) is 15.0 Å². The Hall–Kier alpha value is -4.18. The average molecular weight is 509 g/mol. The fourth-order valence-electron chi connectivity index (χ4n) is 3.81. The van der Waals surface area contributed by atoms with Crippen molar-refractivity contribution in [3.05, 3.63) is 94.8 Å². The largest absolute Gasteiger partial charge is 0.573 e. The molecule has 0 unspecified atom stereocenters. The number of nitrogens with zero attached hydrogens (tertiary/aromatic N) is 2. The average Bonchev–Trinajstić information content (AvgIpc) is 3.51. The van der Waals surface area contributed by atoms with Gasteiger partial charge in [0.25, 0.3) is 5.91 Å². The molecule has 1 amide bonds. The molecule has 182 valence electrons. The maximum Gasteiger partial charge on any atom is 0.573 e. The number of benzene rings is 2. The van der Waals surface area contributed by atoms with Crippen LogP contribution in [0.5, 0.6) is 5.75 Å². The lowest BCUT2D eigenvalue weighted by Crippen LogP contribution is -2.17. The number of fused-ring (bicyclic) bond motifs is 1. The molecule has 0 spiro atoms. The van der Waals surface area contributed by atoms with E-state index < -0.39 is 18.0 Å². The summed E-state index contributed by atoms with van der Waals surface area (Å²) in [4.78, 5) is 26.6. The number of carbonyl (C=O) groups excluding carboxylic acids is 1. The minimum Gasteiger partial charge on any atom is -0.406 e. The van der Waals surface area contributed by atoms with Crippen molar-refractivity contribution in [3.8, 4) is 16.3 Å². The SMILES string of the molecule is Cc1ccc(C(=O)Nc2cccc(OC(F)(F)F)c2)cc1Cc1nc(-c2cccs2)c2[nH]ccc2n1. The smallest absolute Gasteiger partial charge is 0.406 e. The van der Waals surface area contributed by atoms with Crippen molar-refractivity contribution in [2.45, 2.75) is 19.7 Å². The zero-order chi connectivity index (χ0) is 25.3. The lowest BCUT2D eigenvalue weighted by atomic mass is 10.0. The molecule has 0 radical (unpaired) electrons. The first kappa shape index (κ1) is 23.6. The molecular weight excluding hydrogens is 489 g/mol. The van der Waals surface area contributed by atoms with Gasteiger partial charge in [-0.05, 0) is 59.8 Å². The standard InChI is InChI=1S/C26H19F3N4O2S/c1-15-7-8-16(25(34)31-18-4-2-5-19(14-18)35-26(27,28)29)12-17(15)13-22-32-20-9-10-30-23(20)24(33-22)21-6-3-11-36-21/h2-12,14,30H,13H2,1H3,(H,31,34). The van der Waals surface area contributed by atoms with E-state index in [2.05, 4.69) is 20.0 Å². The van der Waals surface area contributed by atoms with Gasteiger partial charge < -0.3 is 15.0 Å². The highest BCUT2D eigenvalue weighted by Gasteiger charge is 2.31. The van der Waals surface area contributed by atoms with Crippen LogP contribution in [0.1, 0.15) is 27.3 Å². The van der Waals surface area contributed by atoms with Gasteiger partial charge in [0.2, 0.25) is 0 Å². The Morgan fingerprint density at radius 1 is 1.08 bits per heavy atom. The number of ether oxygens (including phenoxy) is 1. The highest BCUT2D eigenvalue weighted by atomic mass is 32.1. The Morgan fingerprint density at radius 2 is 1.94 bits per heavy atom. The fourth-order valence-corrected chi connectivity index (χ4v) is 4.53. The summed E-state index contributed by atoms with van der Waals surface area (Å²) < 4.78 is 41.5. The van der Waals surface area contributed by atoms with E-state index in [-0.39, 0.29) is 5.69 Å². The monoisotopic (exact) mass is 508 g/mol. The molecule has 0 aliphatic rings. The molecule has 0 bridgehead atoms. The van der Waals surface area contributed by atoms with Crippen molar-refractivity contribution in [2.75, 3.05) is 5.32 Å². The summed E-state index contributed by atoms with van der Waals surface area (Å²) >= 11 is 1.59. The third-order valence-corrected chi connectivity index (χ3v) is 6.37. The summed E-state index contributed by atoms with van der Waals surface area (Å²) in [6.45, 7) is 1.93. The lowest BCUT2D eigenvalue weighted by molar-refractivity contribution is -0.274. The molecule has 2 aromatic carbocycles. The van der Waals surface area contributed by atoms with Gasteiger partial charge >= 0.3 is 6.36 Å². The van der Waals surface area contributed by atoms with Gasteiger partial charge in [-0.25, -0.2) is 9.97 Å². The molecule has 0 saturated heterocycles. The molecule has 0 fully saturated rings. The van der Waals surface area contributed by atoms with Crippen molar-refractivity contribution in [1.29, 1.82) is 0 Å². The Bertz CT molecular complexity index is 1540. The van der Waals surface area contributed by atoms with Crippen LogP contribution in [0.3, 0.4) is 0 Å². The summed E-state index contributed by atoms with van der Waals surface area (Å²) in [5, 5.41) is 4.61. The number of hydrogen-bond donors (Lipinski definition) is 2. The Balaban J connectivity index is 1.40. The Labute approximate surface area is 207 Å². The fraction of sp³-hybridized carbons (Fsp3) is 0.115.